The van der Waals surface area contributed by atoms with Crippen LogP contribution in [0.15, 0.2) is 164 Å². The van der Waals surface area contributed by atoms with E-state index in [0.717, 1.165) is 0 Å². The monoisotopic (exact) mass is 570 g/mol. The molecule has 0 saturated carbocycles. The summed E-state index contributed by atoms with van der Waals surface area (Å²) in [4.78, 5) is 5.03. The minimum atomic E-state index is 0.0723. The van der Waals surface area contributed by atoms with Crippen molar-refractivity contribution < 1.29 is 0 Å². The van der Waals surface area contributed by atoms with Gasteiger partial charge >= 0.3 is 0 Å². The molecular weight excluding hydrogens is 543 g/mol. The van der Waals surface area contributed by atoms with Gasteiger partial charge in [-0.1, -0.05) is 127 Å². The van der Waals surface area contributed by atoms with Crippen molar-refractivity contribution in [2.24, 2.45) is 0 Å². The Kier molecular flexibility index (Phi) is 5.12. The molecule has 8 aromatic carbocycles. The van der Waals surface area contributed by atoms with Crippen molar-refractivity contribution >= 4 is 89.5 Å². The molecule has 0 saturated heterocycles. The van der Waals surface area contributed by atoms with Crippen LogP contribution in [0.25, 0.3) is 32.3 Å². The quantitative estimate of drug-likeness (QED) is 0.191. The van der Waals surface area contributed by atoms with E-state index < -0.39 is 0 Å². The molecule has 0 N–H and O–H groups in total. The van der Waals surface area contributed by atoms with Crippen LogP contribution >= 0.6 is 0 Å². The molecule has 10 rings (SSSR count). The van der Waals surface area contributed by atoms with Crippen LogP contribution < -0.4 is 26.2 Å². The molecule has 0 bridgehead atoms. The van der Waals surface area contributed by atoms with Gasteiger partial charge in [-0.05, 0) is 74.3 Å². The lowest BCUT2D eigenvalue weighted by Crippen LogP contribution is -2.61. The molecule has 8 aromatic rings. The normalized spacial score (nSPS) is 13.2. The van der Waals surface area contributed by atoms with Gasteiger partial charge in [0.1, 0.15) is 0 Å². The summed E-state index contributed by atoms with van der Waals surface area (Å²) in [5.41, 5.74) is 11.4. The average Bonchev–Trinajstić information content (AvgIpc) is 3.11. The Hall–Kier alpha value is -5.80. The number of benzene rings is 8. The zero-order valence-electron chi connectivity index (χ0n) is 24.6. The molecule has 0 radical (unpaired) electrons. The molecule has 0 atom stereocenters. The number of anilines is 6. The van der Waals surface area contributed by atoms with Crippen molar-refractivity contribution in [2.45, 2.75) is 0 Å². The summed E-state index contributed by atoms with van der Waals surface area (Å²) in [5, 5.41) is 7.58. The van der Waals surface area contributed by atoms with Crippen molar-refractivity contribution in [3.05, 3.63) is 164 Å². The third kappa shape index (κ3) is 3.41. The van der Waals surface area contributed by atoms with Gasteiger partial charge in [-0.3, -0.25) is 0 Å². The standard InChI is InChI=1S/C42H27BN2/c1-2-16-31(17-3-1)44-37-22-11-23-38-41(37)43(35-26-24-30-14-6-9-20-34(30)42(35)44)40-33-19-8-5-13-29(33)25-27-39(40)45(38)36-21-10-15-28-12-4-7-18-32(28)36/h1-27H. The Morgan fingerprint density at radius 3 is 1.67 bits per heavy atom. The Balaban J connectivity index is 1.39. The third-order valence-corrected chi connectivity index (χ3v) is 9.80. The molecule has 2 nitrogen and oxygen atoms in total. The van der Waals surface area contributed by atoms with Gasteiger partial charge in [0.15, 0.2) is 0 Å². The summed E-state index contributed by atoms with van der Waals surface area (Å²) in [6.45, 7) is 0.0723. The maximum atomic E-state index is 2.52. The van der Waals surface area contributed by atoms with E-state index in [4.69, 9.17) is 0 Å². The third-order valence-electron chi connectivity index (χ3n) is 9.80. The number of hydrogen-bond acceptors (Lipinski definition) is 2. The predicted octanol–water partition coefficient (Wildman–Crippen LogP) is 9.23. The van der Waals surface area contributed by atoms with Crippen LogP contribution in [0.1, 0.15) is 0 Å². The van der Waals surface area contributed by atoms with Gasteiger partial charge in [0.2, 0.25) is 0 Å². The van der Waals surface area contributed by atoms with E-state index in [1.807, 2.05) is 0 Å². The van der Waals surface area contributed by atoms with E-state index in [-0.39, 0.29) is 6.71 Å². The molecule has 45 heavy (non-hydrogen) atoms. The van der Waals surface area contributed by atoms with E-state index >= 15 is 0 Å². The van der Waals surface area contributed by atoms with E-state index in [0.29, 0.717) is 0 Å². The van der Waals surface area contributed by atoms with E-state index in [2.05, 4.69) is 174 Å². The minimum Gasteiger partial charge on any atom is -0.311 e. The zero-order valence-corrected chi connectivity index (χ0v) is 24.6. The predicted molar refractivity (Wildman–Crippen MR) is 193 cm³/mol. The Morgan fingerprint density at radius 1 is 0.333 bits per heavy atom. The smallest absolute Gasteiger partial charge is 0.252 e. The van der Waals surface area contributed by atoms with Crippen LogP contribution in [0.4, 0.5) is 34.1 Å². The molecule has 2 aliphatic rings. The lowest BCUT2D eigenvalue weighted by molar-refractivity contribution is 1.27. The van der Waals surface area contributed by atoms with Crippen LogP contribution in [0.5, 0.6) is 0 Å². The van der Waals surface area contributed by atoms with Gasteiger partial charge in [-0.25, -0.2) is 0 Å². The van der Waals surface area contributed by atoms with E-state index in [1.165, 1.54) is 82.8 Å². The molecular formula is C42H27BN2. The lowest BCUT2D eigenvalue weighted by Gasteiger charge is -2.45. The Morgan fingerprint density at radius 2 is 0.867 bits per heavy atom. The summed E-state index contributed by atoms with van der Waals surface area (Å²) >= 11 is 0. The van der Waals surface area contributed by atoms with Crippen molar-refractivity contribution in [3.8, 4) is 0 Å². The SMILES string of the molecule is c1ccc(N2c3cccc4c3B(c3ccc5ccccc5c32)c2c(ccc3ccccc23)N4c2cccc3ccccc23)cc1. The second-order valence-electron chi connectivity index (χ2n) is 12.1. The highest BCUT2D eigenvalue weighted by Crippen LogP contribution is 2.47. The van der Waals surface area contributed by atoms with Crippen molar-refractivity contribution in [2.75, 3.05) is 9.80 Å². The Labute approximate surface area is 262 Å². The molecule has 0 aliphatic carbocycles. The van der Waals surface area contributed by atoms with Gasteiger partial charge in [-0.15, -0.1) is 0 Å². The lowest BCUT2D eigenvalue weighted by atomic mass is 9.33. The summed E-state index contributed by atoms with van der Waals surface area (Å²) < 4.78 is 0. The highest BCUT2D eigenvalue weighted by atomic mass is 15.2. The Bertz CT molecular complexity index is 2450. The first-order chi connectivity index (χ1) is 22.4. The second kappa shape index (κ2) is 9.35. The summed E-state index contributed by atoms with van der Waals surface area (Å²) in [6.07, 6.45) is 0. The van der Waals surface area contributed by atoms with Crippen molar-refractivity contribution in [1.29, 1.82) is 0 Å². The maximum absolute atomic E-state index is 2.52. The molecule has 0 spiro atoms. The molecule has 2 heterocycles. The second-order valence-corrected chi connectivity index (χ2v) is 12.1. The highest BCUT2D eigenvalue weighted by molar-refractivity contribution is 7.01. The zero-order chi connectivity index (χ0) is 29.5. The fourth-order valence-corrected chi connectivity index (χ4v) is 7.98. The summed E-state index contributed by atoms with van der Waals surface area (Å²) in [7, 11) is 0. The summed E-state index contributed by atoms with van der Waals surface area (Å²) in [6, 6.07) is 60.2. The van der Waals surface area contributed by atoms with Gasteiger partial charge in [-0.2, -0.15) is 0 Å². The molecule has 2 aliphatic heterocycles. The molecule has 3 heteroatoms. The first-order valence-corrected chi connectivity index (χ1v) is 15.7. The van der Waals surface area contributed by atoms with Crippen LogP contribution in [0.3, 0.4) is 0 Å². The van der Waals surface area contributed by atoms with Crippen molar-refractivity contribution in [3.63, 3.8) is 0 Å². The van der Waals surface area contributed by atoms with E-state index in [9.17, 15) is 0 Å². The number of nitrogens with zero attached hydrogens (tertiary/aromatic N) is 2. The first kappa shape index (κ1) is 24.6. The number of rotatable bonds is 2. The van der Waals surface area contributed by atoms with Gasteiger partial charge in [0.25, 0.3) is 6.71 Å². The van der Waals surface area contributed by atoms with Crippen LogP contribution in [-0.2, 0) is 0 Å². The number of hydrogen-bond donors (Lipinski definition) is 0. The fraction of sp³-hybridized carbons (Fsp3) is 0. The maximum Gasteiger partial charge on any atom is 0.252 e. The summed E-state index contributed by atoms with van der Waals surface area (Å²) in [5.74, 6) is 0. The van der Waals surface area contributed by atoms with Gasteiger partial charge < -0.3 is 9.80 Å². The van der Waals surface area contributed by atoms with Gasteiger partial charge in [0.05, 0.1) is 5.69 Å². The average molecular weight is 571 g/mol. The van der Waals surface area contributed by atoms with Crippen LogP contribution in [0.2, 0.25) is 0 Å². The van der Waals surface area contributed by atoms with Crippen molar-refractivity contribution in [1.82, 2.24) is 0 Å². The van der Waals surface area contributed by atoms with E-state index in [1.54, 1.807) is 0 Å². The largest absolute Gasteiger partial charge is 0.311 e. The molecule has 0 aromatic heterocycles. The topological polar surface area (TPSA) is 6.48 Å². The first-order valence-electron chi connectivity index (χ1n) is 15.7. The number of para-hydroxylation sites is 1. The molecule has 0 unspecified atom stereocenters. The molecule has 0 amide bonds. The molecule has 0 fully saturated rings. The minimum absolute atomic E-state index is 0.0723. The fourth-order valence-electron chi connectivity index (χ4n) is 7.98. The van der Waals surface area contributed by atoms with Crippen LogP contribution in [0, 0.1) is 0 Å². The molecule has 208 valence electrons. The van der Waals surface area contributed by atoms with Crippen LogP contribution in [-0.4, -0.2) is 6.71 Å². The van der Waals surface area contributed by atoms with Gasteiger partial charge in [0, 0.05) is 39.2 Å². The number of fused-ring (bicyclic) bond motifs is 9. The highest BCUT2D eigenvalue weighted by Gasteiger charge is 2.44.